The summed E-state index contributed by atoms with van der Waals surface area (Å²) in [4.78, 5) is 25.3. The molecule has 0 saturated heterocycles. The fourth-order valence-electron chi connectivity index (χ4n) is 2.08. The molecule has 0 spiro atoms. The number of hydrogen-bond donors (Lipinski definition) is 0. The molecular weight excluding hydrogens is 302 g/mol. The van der Waals surface area contributed by atoms with Crippen molar-refractivity contribution in [2.24, 2.45) is 0 Å². The number of methoxy groups -OCH3 is 3. The lowest BCUT2D eigenvalue weighted by molar-refractivity contribution is -0.141. The average Bonchev–Trinajstić information content (AvgIpc) is 2.54. The largest absolute Gasteiger partial charge is 0.493 e. The van der Waals surface area contributed by atoms with Crippen LogP contribution in [0.3, 0.4) is 0 Å². The van der Waals surface area contributed by atoms with E-state index in [0.29, 0.717) is 29.2 Å². The van der Waals surface area contributed by atoms with E-state index in [2.05, 4.69) is 4.74 Å². The molecule has 0 heterocycles. The van der Waals surface area contributed by atoms with Gasteiger partial charge in [-0.1, -0.05) is 0 Å². The second-order valence-corrected chi connectivity index (χ2v) is 4.83. The van der Waals surface area contributed by atoms with E-state index in [1.165, 1.54) is 21.3 Å². The first kappa shape index (κ1) is 18.8. The van der Waals surface area contributed by atoms with Crippen LogP contribution in [0.15, 0.2) is 12.1 Å². The van der Waals surface area contributed by atoms with Crippen LogP contribution in [-0.2, 0) is 20.8 Å². The molecule has 1 aromatic carbocycles. The van der Waals surface area contributed by atoms with Gasteiger partial charge in [0.15, 0.2) is 11.5 Å². The molecule has 0 atom stereocenters. The van der Waals surface area contributed by atoms with Crippen LogP contribution in [0.2, 0.25) is 0 Å². The lowest BCUT2D eigenvalue weighted by Crippen LogP contribution is -2.27. The molecule has 0 saturated carbocycles. The first-order chi connectivity index (χ1) is 11.0. The fraction of sp³-hybridized carbons (Fsp3) is 0.500. The topological polar surface area (TPSA) is 74.3 Å². The molecule has 0 aromatic heterocycles. The number of nitrogens with zero attached hydrogens (tertiary/aromatic N) is 1. The quantitative estimate of drug-likeness (QED) is 0.670. The van der Waals surface area contributed by atoms with Gasteiger partial charge in [0, 0.05) is 6.54 Å². The van der Waals surface area contributed by atoms with Crippen LogP contribution in [0.5, 0.6) is 11.5 Å². The Morgan fingerprint density at radius 3 is 2.22 bits per heavy atom. The number of hydrogen-bond acceptors (Lipinski definition) is 7. The van der Waals surface area contributed by atoms with Gasteiger partial charge in [0.25, 0.3) is 0 Å². The van der Waals surface area contributed by atoms with E-state index < -0.39 is 5.97 Å². The molecule has 0 unspecified atom stereocenters. The van der Waals surface area contributed by atoms with Crippen LogP contribution in [0.1, 0.15) is 22.8 Å². The Morgan fingerprint density at radius 1 is 1.09 bits per heavy atom. The van der Waals surface area contributed by atoms with Crippen molar-refractivity contribution in [1.82, 2.24) is 4.90 Å². The third-order valence-corrected chi connectivity index (χ3v) is 3.17. The molecule has 0 amide bonds. The van der Waals surface area contributed by atoms with E-state index in [1.54, 1.807) is 31.0 Å². The number of carbonyl (C=O) groups excluding carboxylic acids is 2. The Morgan fingerprint density at radius 2 is 1.70 bits per heavy atom. The minimum atomic E-state index is -0.449. The molecule has 0 N–H and O–H groups in total. The average molecular weight is 325 g/mol. The second-order valence-electron chi connectivity index (χ2n) is 4.83. The number of carbonyl (C=O) groups is 2. The van der Waals surface area contributed by atoms with Crippen LogP contribution in [0.25, 0.3) is 0 Å². The maximum atomic E-state index is 12.2. The molecule has 1 rings (SSSR count). The monoisotopic (exact) mass is 325 g/mol. The van der Waals surface area contributed by atoms with Crippen molar-refractivity contribution in [3.05, 3.63) is 23.3 Å². The molecule has 0 aliphatic heterocycles. The molecule has 0 radical (unpaired) electrons. The van der Waals surface area contributed by atoms with Gasteiger partial charge in [0.05, 0.1) is 40.0 Å². The highest BCUT2D eigenvalue weighted by atomic mass is 16.5. The highest BCUT2D eigenvalue weighted by Crippen LogP contribution is 2.31. The van der Waals surface area contributed by atoms with E-state index in [9.17, 15) is 9.59 Å². The molecule has 7 heteroatoms. The van der Waals surface area contributed by atoms with Gasteiger partial charge in [-0.3, -0.25) is 9.69 Å². The molecule has 23 heavy (non-hydrogen) atoms. The summed E-state index contributed by atoms with van der Waals surface area (Å²) >= 11 is 0. The molecule has 0 fully saturated rings. The SMILES string of the molecule is CCOC(=O)c1cc(OC)c(OC)cc1CN(C)CC(=O)OC. The van der Waals surface area contributed by atoms with E-state index in [0.717, 1.165) is 0 Å². The summed E-state index contributed by atoms with van der Waals surface area (Å²) in [6, 6.07) is 3.29. The van der Waals surface area contributed by atoms with Gasteiger partial charge in [-0.2, -0.15) is 0 Å². The van der Waals surface area contributed by atoms with E-state index in [1.807, 2.05) is 0 Å². The van der Waals surface area contributed by atoms with Gasteiger partial charge < -0.3 is 18.9 Å². The molecule has 0 aliphatic rings. The van der Waals surface area contributed by atoms with Gasteiger partial charge in [-0.25, -0.2) is 4.79 Å². The van der Waals surface area contributed by atoms with E-state index >= 15 is 0 Å². The Labute approximate surface area is 136 Å². The number of rotatable bonds is 8. The number of esters is 2. The van der Waals surface area contributed by atoms with Crippen molar-refractivity contribution in [2.75, 3.05) is 41.5 Å². The second kappa shape index (κ2) is 8.99. The highest BCUT2D eigenvalue weighted by Gasteiger charge is 2.19. The molecule has 128 valence electrons. The van der Waals surface area contributed by atoms with E-state index in [4.69, 9.17) is 14.2 Å². The standard InChI is InChI=1S/C16H23NO6/c1-6-23-16(19)12-8-14(21-4)13(20-3)7-11(12)9-17(2)10-15(18)22-5/h7-8H,6,9-10H2,1-5H3. The predicted octanol–water partition coefficient (Wildman–Crippen LogP) is 1.49. The van der Waals surface area contributed by atoms with Gasteiger partial charge in [0.2, 0.25) is 0 Å². The van der Waals surface area contributed by atoms with Crippen molar-refractivity contribution < 1.29 is 28.5 Å². The molecule has 0 bridgehead atoms. The molecule has 1 aromatic rings. The molecule has 0 aliphatic carbocycles. The molecule has 7 nitrogen and oxygen atoms in total. The van der Waals surface area contributed by atoms with Crippen molar-refractivity contribution in [2.45, 2.75) is 13.5 Å². The number of benzene rings is 1. The van der Waals surface area contributed by atoms with Crippen LogP contribution in [-0.4, -0.2) is 58.4 Å². The first-order valence-corrected chi connectivity index (χ1v) is 7.14. The highest BCUT2D eigenvalue weighted by molar-refractivity contribution is 5.92. The summed E-state index contributed by atoms with van der Waals surface area (Å²) in [5, 5.41) is 0. The van der Waals surface area contributed by atoms with Crippen molar-refractivity contribution in [3.63, 3.8) is 0 Å². The van der Waals surface area contributed by atoms with Crippen molar-refractivity contribution >= 4 is 11.9 Å². The Kier molecular flexibility index (Phi) is 7.34. The summed E-state index contributed by atoms with van der Waals surface area (Å²) in [7, 11) is 6.10. The first-order valence-electron chi connectivity index (χ1n) is 7.14. The number of likely N-dealkylation sites (N-methyl/N-ethyl adjacent to an activating group) is 1. The zero-order chi connectivity index (χ0) is 17.4. The van der Waals surface area contributed by atoms with Gasteiger partial charge in [-0.15, -0.1) is 0 Å². The summed E-state index contributed by atoms with van der Waals surface area (Å²) in [6.45, 7) is 2.46. The Balaban J connectivity index is 3.15. The van der Waals surface area contributed by atoms with Crippen molar-refractivity contribution in [3.8, 4) is 11.5 Å². The fourth-order valence-corrected chi connectivity index (χ4v) is 2.08. The Bertz CT molecular complexity index is 558. The summed E-state index contributed by atoms with van der Waals surface area (Å²) < 4.78 is 20.2. The van der Waals surface area contributed by atoms with E-state index in [-0.39, 0.29) is 19.1 Å². The number of ether oxygens (including phenoxy) is 4. The lowest BCUT2D eigenvalue weighted by Gasteiger charge is -2.19. The third-order valence-electron chi connectivity index (χ3n) is 3.17. The van der Waals surface area contributed by atoms with Crippen LogP contribution in [0, 0.1) is 0 Å². The van der Waals surface area contributed by atoms with Crippen LogP contribution < -0.4 is 9.47 Å². The normalized spacial score (nSPS) is 10.3. The summed E-state index contributed by atoms with van der Waals surface area (Å²) in [5.74, 6) is 0.137. The minimum absolute atomic E-state index is 0.104. The zero-order valence-electron chi connectivity index (χ0n) is 14.2. The summed E-state index contributed by atoms with van der Waals surface area (Å²) in [5.41, 5.74) is 1.05. The van der Waals surface area contributed by atoms with Gasteiger partial charge in [0.1, 0.15) is 0 Å². The summed E-state index contributed by atoms with van der Waals surface area (Å²) in [6.07, 6.45) is 0. The maximum Gasteiger partial charge on any atom is 0.338 e. The third kappa shape index (κ3) is 5.14. The van der Waals surface area contributed by atoms with Gasteiger partial charge >= 0.3 is 11.9 Å². The minimum Gasteiger partial charge on any atom is -0.493 e. The van der Waals surface area contributed by atoms with Crippen LogP contribution in [0.4, 0.5) is 0 Å². The van der Waals surface area contributed by atoms with Crippen LogP contribution >= 0.6 is 0 Å². The zero-order valence-corrected chi connectivity index (χ0v) is 14.2. The predicted molar refractivity (Wildman–Crippen MR) is 83.9 cm³/mol. The van der Waals surface area contributed by atoms with Crippen molar-refractivity contribution in [1.29, 1.82) is 0 Å². The Hall–Kier alpha value is -2.28. The maximum absolute atomic E-state index is 12.2. The smallest absolute Gasteiger partial charge is 0.338 e. The van der Waals surface area contributed by atoms with Gasteiger partial charge in [-0.05, 0) is 31.7 Å². The lowest BCUT2D eigenvalue weighted by atomic mass is 10.1. The molecular formula is C16H23NO6.